The maximum atomic E-state index is 8.85. The first-order valence-corrected chi connectivity index (χ1v) is 6.78. The minimum atomic E-state index is 0.633. The Morgan fingerprint density at radius 1 is 0.909 bits per heavy atom. The number of hydrogen-bond acceptors (Lipinski definition) is 4. The minimum absolute atomic E-state index is 0.633. The van der Waals surface area contributed by atoms with E-state index in [1.165, 1.54) is 0 Å². The Kier molecular flexibility index (Phi) is 3.80. The van der Waals surface area contributed by atoms with Gasteiger partial charge in [0.1, 0.15) is 5.75 Å². The second-order valence-corrected chi connectivity index (χ2v) is 4.68. The molecule has 3 rings (SSSR count). The molecular formula is C18H13N3O. The number of nitrogens with zero attached hydrogens (tertiary/aromatic N) is 3. The van der Waals surface area contributed by atoms with Gasteiger partial charge in [-0.3, -0.25) is 0 Å². The van der Waals surface area contributed by atoms with Crippen molar-refractivity contribution in [1.82, 2.24) is 9.97 Å². The van der Waals surface area contributed by atoms with Crippen molar-refractivity contribution < 1.29 is 4.74 Å². The lowest BCUT2D eigenvalue weighted by Crippen LogP contribution is -1.92. The highest BCUT2D eigenvalue weighted by atomic mass is 16.5. The summed E-state index contributed by atoms with van der Waals surface area (Å²) in [4.78, 5) is 8.91. The SMILES string of the molecule is COc1ccc(-c2nccc(-c3ccc(C#N)cc3)n2)cc1. The molecule has 0 bridgehead atoms. The number of benzene rings is 2. The Bertz CT molecular complexity index is 818. The van der Waals surface area contributed by atoms with Crippen LogP contribution in [0.4, 0.5) is 0 Å². The van der Waals surface area contributed by atoms with Crippen LogP contribution in [0.1, 0.15) is 5.56 Å². The van der Waals surface area contributed by atoms with Crippen LogP contribution in [-0.2, 0) is 0 Å². The Labute approximate surface area is 128 Å². The average Bonchev–Trinajstić information content (AvgIpc) is 2.62. The molecule has 0 saturated carbocycles. The van der Waals surface area contributed by atoms with E-state index in [-0.39, 0.29) is 0 Å². The van der Waals surface area contributed by atoms with Crippen LogP contribution < -0.4 is 4.74 Å². The second-order valence-electron chi connectivity index (χ2n) is 4.68. The molecule has 0 aliphatic rings. The summed E-state index contributed by atoms with van der Waals surface area (Å²) in [7, 11) is 1.64. The fourth-order valence-electron chi connectivity index (χ4n) is 2.11. The first kappa shape index (κ1) is 13.8. The van der Waals surface area contributed by atoms with E-state index in [4.69, 9.17) is 10.00 Å². The van der Waals surface area contributed by atoms with Crippen molar-refractivity contribution in [2.45, 2.75) is 0 Å². The highest BCUT2D eigenvalue weighted by Crippen LogP contribution is 2.22. The van der Waals surface area contributed by atoms with Gasteiger partial charge in [0.15, 0.2) is 5.82 Å². The molecule has 0 amide bonds. The van der Waals surface area contributed by atoms with Crippen molar-refractivity contribution >= 4 is 0 Å². The molecule has 1 aromatic heterocycles. The van der Waals surface area contributed by atoms with Gasteiger partial charge in [-0.15, -0.1) is 0 Å². The Balaban J connectivity index is 1.96. The zero-order valence-corrected chi connectivity index (χ0v) is 12.0. The molecule has 0 radical (unpaired) electrons. The number of nitriles is 1. The van der Waals surface area contributed by atoms with E-state index in [9.17, 15) is 0 Å². The van der Waals surface area contributed by atoms with Crippen LogP contribution in [-0.4, -0.2) is 17.1 Å². The van der Waals surface area contributed by atoms with E-state index in [0.29, 0.717) is 11.4 Å². The van der Waals surface area contributed by atoms with Crippen molar-refractivity contribution in [3.05, 3.63) is 66.4 Å². The van der Waals surface area contributed by atoms with Gasteiger partial charge in [-0.1, -0.05) is 12.1 Å². The smallest absolute Gasteiger partial charge is 0.159 e. The van der Waals surface area contributed by atoms with Crippen molar-refractivity contribution in [3.63, 3.8) is 0 Å². The second kappa shape index (κ2) is 6.06. The van der Waals surface area contributed by atoms with Gasteiger partial charge < -0.3 is 4.74 Å². The lowest BCUT2D eigenvalue weighted by Gasteiger charge is -2.05. The molecule has 0 atom stereocenters. The maximum Gasteiger partial charge on any atom is 0.159 e. The minimum Gasteiger partial charge on any atom is -0.497 e. The number of methoxy groups -OCH3 is 1. The zero-order valence-electron chi connectivity index (χ0n) is 12.0. The van der Waals surface area contributed by atoms with Crippen LogP contribution in [0.5, 0.6) is 5.75 Å². The third-order valence-corrected chi connectivity index (χ3v) is 3.31. The largest absolute Gasteiger partial charge is 0.497 e. The molecule has 4 nitrogen and oxygen atoms in total. The predicted octanol–water partition coefficient (Wildman–Crippen LogP) is 3.69. The van der Waals surface area contributed by atoms with Gasteiger partial charge in [0.05, 0.1) is 24.4 Å². The lowest BCUT2D eigenvalue weighted by atomic mass is 10.1. The zero-order chi connectivity index (χ0) is 15.4. The number of aromatic nitrogens is 2. The quantitative estimate of drug-likeness (QED) is 0.737. The fraction of sp³-hybridized carbons (Fsp3) is 0.0556. The molecule has 22 heavy (non-hydrogen) atoms. The highest BCUT2D eigenvalue weighted by Gasteiger charge is 2.05. The first-order valence-electron chi connectivity index (χ1n) is 6.78. The van der Waals surface area contributed by atoms with E-state index in [0.717, 1.165) is 22.6 Å². The molecule has 2 aromatic carbocycles. The van der Waals surface area contributed by atoms with Crippen molar-refractivity contribution in [2.75, 3.05) is 7.11 Å². The van der Waals surface area contributed by atoms with Gasteiger partial charge in [-0.25, -0.2) is 9.97 Å². The van der Waals surface area contributed by atoms with E-state index in [1.54, 1.807) is 25.4 Å². The normalized spacial score (nSPS) is 10.0. The summed E-state index contributed by atoms with van der Waals surface area (Å²) < 4.78 is 5.15. The topological polar surface area (TPSA) is 58.8 Å². The fourth-order valence-corrected chi connectivity index (χ4v) is 2.11. The maximum absolute atomic E-state index is 8.85. The van der Waals surface area contributed by atoms with Crippen LogP contribution in [0, 0.1) is 11.3 Å². The Hall–Kier alpha value is -3.19. The van der Waals surface area contributed by atoms with E-state index < -0.39 is 0 Å². The van der Waals surface area contributed by atoms with Crippen LogP contribution in [0.3, 0.4) is 0 Å². The molecule has 0 aliphatic carbocycles. The third kappa shape index (κ3) is 2.79. The molecule has 1 heterocycles. The molecule has 0 N–H and O–H groups in total. The molecule has 0 spiro atoms. The average molecular weight is 287 g/mol. The summed E-state index contributed by atoms with van der Waals surface area (Å²) in [6, 6.07) is 18.9. The van der Waals surface area contributed by atoms with Crippen molar-refractivity contribution in [1.29, 1.82) is 5.26 Å². The molecule has 0 saturated heterocycles. The van der Waals surface area contributed by atoms with Crippen molar-refractivity contribution in [2.24, 2.45) is 0 Å². The van der Waals surface area contributed by atoms with E-state index >= 15 is 0 Å². The van der Waals surface area contributed by atoms with Crippen LogP contribution in [0.15, 0.2) is 60.8 Å². The van der Waals surface area contributed by atoms with Gasteiger partial charge in [-0.2, -0.15) is 5.26 Å². The summed E-state index contributed by atoms with van der Waals surface area (Å²) in [5, 5.41) is 8.85. The lowest BCUT2D eigenvalue weighted by molar-refractivity contribution is 0.415. The molecule has 0 aliphatic heterocycles. The molecule has 106 valence electrons. The Morgan fingerprint density at radius 3 is 2.23 bits per heavy atom. The summed E-state index contributed by atoms with van der Waals surface area (Å²) in [6.45, 7) is 0. The number of hydrogen-bond donors (Lipinski definition) is 0. The summed E-state index contributed by atoms with van der Waals surface area (Å²) >= 11 is 0. The van der Waals surface area contributed by atoms with Gasteiger partial charge >= 0.3 is 0 Å². The van der Waals surface area contributed by atoms with Crippen LogP contribution >= 0.6 is 0 Å². The molecule has 0 fully saturated rings. The van der Waals surface area contributed by atoms with Crippen molar-refractivity contribution in [3.8, 4) is 34.5 Å². The number of ether oxygens (including phenoxy) is 1. The van der Waals surface area contributed by atoms with E-state index in [2.05, 4.69) is 16.0 Å². The molecule has 0 unspecified atom stereocenters. The van der Waals surface area contributed by atoms with Gasteiger partial charge in [-0.05, 0) is 42.5 Å². The highest BCUT2D eigenvalue weighted by molar-refractivity contribution is 5.64. The molecule has 3 aromatic rings. The standard InChI is InChI=1S/C18H13N3O/c1-22-16-8-6-15(7-9-16)18-20-11-10-17(21-18)14-4-2-13(12-19)3-5-14/h2-11H,1H3. The summed E-state index contributed by atoms with van der Waals surface area (Å²) in [6.07, 6.45) is 1.74. The van der Waals surface area contributed by atoms with Gasteiger partial charge in [0.25, 0.3) is 0 Å². The Morgan fingerprint density at radius 2 is 1.59 bits per heavy atom. The first-order chi connectivity index (χ1) is 10.8. The molecule has 4 heteroatoms. The summed E-state index contributed by atoms with van der Waals surface area (Å²) in [5.74, 6) is 1.46. The summed E-state index contributed by atoms with van der Waals surface area (Å²) in [5.41, 5.74) is 3.34. The predicted molar refractivity (Wildman–Crippen MR) is 84.2 cm³/mol. The van der Waals surface area contributed by atoms with Gasteiger partial charge in [0.2, 0.25) is 0 Å². The monoisotopic (exact) mass is 287 g/mol. The molecular weight excluding hydrogens is 274 g/mol. The third-order valence-electron chi connectivity index (χ3n) is 3.31. The number of rotatable bonds is 3. The van der Waals surface area contributed by atoms with Crippen LogP contribution in [0.2, 0.25) is 0 Å². The van der Waals surface area contributed by atoms with Gasteiger partial charge in [0, 0.05) is 17.3 Å². The van der Waals surface area contributed by atoms with E-state index in [1.807, 2.05) is 42.5 Å². The van der Waals surface area contributed by atoms with Crippen LogP contribution in [0.25, 0.3) is 22.6 Å².